The lowest BCUT2D eigenvalue weighted by atomic mass is 10.1. The number of methoxy groups -OCH3 is 3. The average Bonchev–Trinajstić information content (AvgIpc) is 2.82. The number of hydrogen-bond acceptors (Lipinski definition) is 7. The highest BCUT2D eigenvalue weighted by molar-refractivity contribution is 7.89. The van der Waals surface area contributed by atoms with Crippen LogP contribution in [0.3, 0.4) is 0 Å². The highest BCUT2D eigenvalue weighted by Gasteiger charge is 2.27. The molecule has 0 spiro atoms. The lowest BCUT2D eigenvalue weighted by molar-refractivity contribution is -0.111. The van der Waals surface area contributed by atoms with Crippen LogP contribution in [0.4, 0.5) is 5.69 Å². The fourth-order valence-corrected chi connectivity index (χ4v) is 4.93. The van der Waals surface area contributed by atoms with Gasteiger partial charge in [0.15, 0.2) is 11.5 Å². The molecule has 3 rings (SSSR count). The van der Waals surface area contributed by atoms with Gasteiger partial charge in [-0.15, -0.1) is 0 Å². The van der Waals surface area contributed by atoms with E-state index in [1.54, 1.807) is 30.3 Å². The Balaban J connectivity index is 1.73. The average molecular weight is 476 g/mol. The van der Waals surface area contributed by atoms with E-state index >= 15 is 0 Å². The van der Waals surface area contributed by atoms with E-state index in [2.05, 4.69) is 10.2 Å². The molecule has 9 nitrogen and oxygen atoms in total. The number of carbonyl (C=O) groups is 1. The summed E-state index contributed by atoms with van der Waals surface area (Å²) < 4.78 is 43.3. The number of benzene rings is 2. The minimum Gasteiger partial charge on any atom is -0.493 e. The van der Waals surface area contributed by atoms with Crippen LogP contribution in [0.1, 0.15) is 5.56 Å². The van der Waals surface area contributed by atoms with Crippen molar-refractivity contribution in [2.24, 2.45) is 0 Å². The van der Waals surface area contributed by atoms with Crippen LogP contribution in [0, 0.1) is 0 Å². The molecule has 0 unspecified atom stereocenters. The van der Waals surface area contributed by atoms with Crippen molar-refractivity contribution in [3.05, 3.63) is 48.0 Å². The molecule has 10 heteroatoms. The minimum atomic E-state index is -3.62. The highest BCUT2D eigenvalue weighted by Crippen LogP contribution is 2.38. The normalized spacial score (nSPS) is 15.4. The summed E-state index contributed by atoms with van der Waals surface area (Å²) in [7, 11) is 2.89. The van der Waals surface area contributed by atoms with Gasteiger partial charge in [-0.2, -0.15) is 4.31 Å². The zero-order chi connectivity index (χ0) is 24.0. The number of nitrogens with one attached hydrogen (secondary N) is 1. The molecule has 0 radical (unpaired) electrons. The van der Waals surface area contributed by atoms with Gasteiger partial charge in [0.2, 0.25) is 21.7 Å². The van der Waals surface area contributed by atoms with Crippen molar-refractivity contribution in [2.75, 3.05) is 59.9 Å². The number of carbonyl (C=O) groups excluding carboxylic acids is 1. The summed E-state index contributed by atoms with van der Waals surface area (Å²) in [5.74, 6) is 0.996. The summed E-state index contributed by atoms with van der Waals surface area (Å²) in [5.41, 5.74) is 1.07. The van der Waals surface area contributed by atoms with Gasteiger partial charge in [-0.05, 0) is 49.0 Å². The Bertz CT molecular complexity index is 1100. The number of hydrogen-bond donors (Lipinski definition) is 1. The Labute approximate surface area is 194 Å². The molecule has 2 aromatic carbocycles. The molecule has 33 heavy (non-hydrogen) atoms. The van der Waals surface area contributed by atoms with E-state index in [0.717, 1.165) is 0 Å². The molecular weight excluding hydrogens is 446 g/mol. The lowest BCUT2D eigenvalue weighted by Gasteiger charge is -2.31. The second kappa shape index (κ2) is 10.7. The smallest absolute Gasteiger partial charge is 0.248 e. The molecule has 1 aliphatic rings. The third-order valence-corrected chi connectivity index (χ3v) is 7.21. The van der Waals surface area contributed by atoms with Crippen molar-refractivity contribution in [3.8, 4) is 17.2 Å². The summed E-state index contributed by atoms with van der Waals surface area (Å²) in [4.78, 5) is 14.7. The van der Waals surface area contributed by atoms with Crippen molar-refractivity contribution >= 4 is 27.7 Å². The van der Waals surface area contributed by atoms with Gasteiger partial charge in [0.05, 0.1) is 26.2 Å². The van der Waals surface area contributed by atoms with Crippen LogP contribution >= 0.6 is 0 Å². The van der Waals surface area contributed by atoms with Crippen molar-refractivity contribution in [1.82, 2.24) is 9.21 Å². The summed E-state index contributed by atoms with van der Waals surface area (Å²) in [5, 5.41) is 2.71. The third-order valence-electron chi connectivity index (χ3n) is 5.32. The summed E-state index contributed by atoms with van der Waals surface area (Å²) in [6.07, 6.45) is 2.95. The maximum atomic E-state index is 13.0. The first-order chi connectivity index (χ1) is 15.8. The van der Waals surface area contributed by atoms with Crippen LogP contribution in [0.15, 0.2) is 47.4 Å². The van der Waals surface area contributed by atoms with Crippen molar-refractivity contribution in [2.45, 2.75) is 4.90 Å². The zero-order valence-corrected chi connectivity index (χ0v) is 20.0. The monoisotopic (exact) mass is 475 g/mol. The third kappa shape index (κ3) is 5.84. The van der Waals surface area contributed by atoms with Gasteiger partial charge in [0.25, 0.3) is 0 Å². The molecule has 1 fully saturated rings. The number of nitrogens with zero attached hydrogens (tertiary/aromatic N) is 2. The Kier molecular flexibility index (Phi) is 7.96. The van der Waals surface area contributed by atoms with E-state index in [1.165, 1.54) is 43.8 Å². The number of rotatable bonds is 8. The van der Waals surface area contributed by atoms with Crippen molar-refractivity contribution < 1.29 is 27.4 Å². The molecule has 0 bridgehead atoms. The molecule has 0 aliphatic carbocycles. The molecule has 178 valence electrons. The molecule has 0 saturated carbocycles. The maximum Gasteiger partial charge on any atom is 0.248 e. The number of amides is 1. The van der Waals surface area contributed by atoms with Crippen LogP contribution in [-0.2, 0) is 14.8 Å². The van der Waals surface area contributed by atoms with Crippen molar-refractivity contribution in [3.63, 3.8) is 0 Å². The highest BCUT2D eigenvalue weighted by atomic mass is 32.2. The minimum absolute atomic E-state index is 0.151. The number of sulfonamides is 1. The predicted octanol–water partition coefficient (Wildman–Crippen LogP) is 2.30. The predicted molar refractivity (Wildman–Crippen MR) is 126 cm³/mol. The molecule has 1 heterocycles. The molecule has 2 aromatic rings. The molecule has 1 N–H and O–H groups in total. The Hall–Kier alpha value is -3.08. The molecule has 1 aliphatic heterocycles. The number of anilines is 1. The van der Waals surface area contributed by atoms with Gasteiger partial charge in [0.1, 0.15) is 0 Å². The van der Waals surface area contributed by atoms with Crippen LogP contribution < -0.4 is 19.5 Å². The number of piperazine rings is 1. The number of ether oxygens (including phenoxy) is 3. The first-order valence-corrected chi connectivity index (χ1v) is 11.8. The topological polar surface area (TPSA) is 97.4 Å². The van der Waals surface area contributed by atoms with E-state index in [4.69, 9.17) is 14.2 Å². The quantitative estimate of drug-likeness (QED) is 0.585. The molecule has 0 aromatic heterocycles. The number of likely N-dealkylation sites (N-methyl/N-ethyl adjacent to an activating group) is 1. The zero-order valence-electron chi connectivity index (χ0n) is 19.2. The first kappa shape index (κ1) is 24.6. The van der Waals surface area contributed by atoms with Crippen LogP contribution in [0.2, 0.25) is 0 Å². The van der Waals surface area contributed by atoms with Crippen LogP contribution in [0.5, 0.6) is 17.2 Å². The standard InChI is InChI=1S/C23H29N3O6S/c1-25-10-12-26(13-11-25)33(28,29)19-7-5-6-18(16-19)24-22(27)9-8-17-14-20(30-2)23(32-4)21(15-17)31-3/h5-9,14-16H,10-13H2,1-4H3,(H,24,27)/b9-8+. The Morgan fingerprint density at radius 1 is 0.970 bits per heavy atom. The van der Waals surface area contributed by atoms with Gasteiger partial charge in [-0.25, -0.2) is 8.42 Å². The van der Waals surface area contributed by atoms with E-state index in [9.17, 15) is 13.2 Å². The summed E-state index contributed by atoms with van der Waals surface area (Å²) >= 11 is 0. The second-order valence-corrected chi connectivity index (χ2v) is 9.45. The van der Waals surface area contributed by atoms with E-state index in [0.29, 0.717) is 54.7 Å². The summed E-state index contributed by atoms with van der Waals surface area (Å²) in [6.45, 7) is 2.24. The van der Waals surface area contributed by atoms with E-state index in [-0.39, 0.29) is 4.90 Å². The van der Waals surface area contributed by atoms with Crippen molar-refractivity contribution in [1.29, 1.82) is 0 Å². The van der Waals surface area contributed by atoms with Gasteiger partial charge in [0, 0.05) is 37.9 Å². The lowest BCUT2D eigenvalue weighted by Crippen LogP contribution is -2.47. The Morgan fingerprint density at radius 2 is 1.61 bits per heavy atom. The first-order valence-electron chi connectivity index (χ1n) is 10.4. The largest absolute Gasteiger partial charge is 0.493 e. The van der Waals surface area contributed by atoms with Crippen LogP contribution in [0.25, 0.3) is 6.08 Å². The fourth-order valence-electron chi connectivity index (χ4n) is 3.47. The van der Waals surface area contributed by atoms with Gasteiger partial charge in [-0.3, -0.25) is 4.79 Å². The van der Waals surface area contributed by atoms with E-state index in [1.807, 2.05) is 7.05 Å². The molecular formula is C23H29N3O6S. The van der Waals surface area contributed by atoms with E-state index < -0.39 is 15.9 Å². The van der Waals surface area contributed by atoms with Gasteiger partial charge < -0.3 is 24.4 Å². The Morgan fingerprint density at radius 3 is 2.18 bits per heavy atom. The molecule has 1 amide bonds. The SMILES string of the molecule is COc1cc(/C=C/C(=O)Nc2cccc(S(=O)(=O)N3CCN(C)CC3)c2)cc(OC)c1OC. The van der Waals surface area contributed by atoms with Gasteiger partial charge >= 0.3 is 0 Å². The maximum absolute atomic E-state index is 13.0. The molecule has 1 saturated heterocycles. The van der Waals surface area contributed by atoms with Gasteiger partial charge in [-0.1, -0.05) is 6.07 Å². The summed E-state index contributed by atoms with van der Waals surface area (Å²) in [6, 6.07) is 9.70. The fraction of sp³-hybridized carbons (Fsp3) is 0.348. The molecule has 0 atom stereocenters. The van der Waals surface area contributed by atoms with Crippen LogP contribution in [-0.4, -0.2) is 78.1 Å². The second-order valence-electron chi connectivity index (χ2n) is 7.52.